The largest absolute Gasteiger partial charge is 0.469 e. The van der Waals surface area contributed by atoms with Gasteiger partial charge in [0.05, 0.1) is 30.2 Å². The van der Waals surface area contributed by atoms with Crippen molar-refractivity contribution in [2.24, 2.45) is 5.92 Å². The Morgan fingerprint density at radius 3 is 2.77 bits per heavy atom. The van der Waals surface area contributed by atoms with Gasteiger partial charge in [-0.3, -0.25) is 4.79 Å². The molecule has 2 aliphatic heterocycles. The van der Waals surface area contributed by atoms with Crippen molar-refractivity contribution in [2.75, 3.05) is 37.7 Å². The molecule has 4 rings (SSSR count). The van der Waals surface area contributed by atoms with Crippen LogP contribution in [-0.4, -0.2) is 59.9 Å². The molecule has 2 fully saturated rings. The predicted octanol–water partition coefficient (Wildman–Crippen LogP) is 2.05. The van der Waals surface area contributed by atoms with Crippen LogP contribution < -0.4 is 4.90 Å². The average molecular weight is 356 g/mol. The van der Waals surface area contributed by atoms with Gasteiger partial charge in [-0.1, -0.05) is 0 Å². The van der Waals surface area contributed by atoms with Crippen molar-refractivity contribution in [3.05, 3.63) is 41.5 Å². The second-order valence-corrected chi connectivity index (χ2v) is 7.08. The molecule has 0 spiro atoms. The van der Waals surface area contributed by atoms with E-state index >= 15 is 0 Å². The smallest absolute Gasteiger partial charge is 0.257 e. The molecular formula is C19H24N4O3. The Hall–Kier alpha value is -2.41. The predicted molar refractivity (Wildman–Crippen MR) is 96.2 cm³/mol. The highest BCUT2D eigenvalue weighted by Gasteiger charge is 2.36. The summed E-state index contributed by atoms with van der Waals surface area (Å²) in [7, 11) is 0. The number of piperidine rings is 1. The van der Waals surface area contributed by atoms with Gasteiger partial charge < -0.3 is 19.0 Å². The van der Waals surface area contributed by atoms with Gasteiger partial charge in [-0.25, -0.2) is 0 Å². The molecule has 2 saturated heterocycles. The molecule has 0 unspecified atom stereocenters. The number of furan rings is 1. The Labute approximate surface area is 152 Å². The highest BCUT2D eigenvalue weighted by atomic mass is 16.5. The normalized spacial score (nSPS) is 23.5. The zero-order chi connectivity index (χ0) is 18.1. The van der Waals surface area contributed by atoms with Crippen LogP contribution in [0.4, 0.5) is 5.82 Å². The fourth-order valence-corrected chi connectivity index (χ4v) is 3.78. The van der Waals surface area contributed by atoms with E-state index in [-0.39, 0.29) is 12.0 Å². The topological polar surface area (TPSA) is 71.7 Å². The number of ether oxygens (including phenoxy) is 1. The summed E-state index contributed by atoms with van der Waals surface area (Å²) in [6, 6.07) is 5.75. The van der Waals surface area contributed by atoms with Crippen molar-refractivity contribution in [3.63, 3.8) is 0 Å². The van der Waals surface area contributed by atoms with E-state index < -0.39 is 0 Å². The minimum atomic E-state index is 0.0313. The van der Waals surface area contributed by atoms with E-state index in [9.17, 15) is 4.79 Å². The van der Waals surface area contributed by atoms with E-state index in [4.69, 9.17) is 9.15 Å². The molecule has 0 bridgehead atoms. The van der Waals surface area contributed by atoms with Crippen LogP contribution in [0.3, 0.4) is 0 Å². The van der Waals surface area contributed by atoms with E-state index in [2.05, 4.69) is 15.1 Å². The lowest BCUT2D eigenvalue weighted by atomic mass is 9.93. The maximum atomic E-state index is 12.7. The number of carbonyl (C=O) groups is 1. The second-order valence-electron chi connectivity index (χ2n) is 7.08. The Balaban J connectivity index is 1.44. The first-order valence-electron chi connectivity index (χ1n) is 9.12. The fourth-order valence-electron chi connectivity index (χ4n) is 3.78. The molecule has 0 radical (unpaired) electrons. The summed E-state index contributed by atoms with van der Waals surface area (Å²) < 4.78 is 11.4. The molecule has 2 aromatic heterocycles. The van der Waals surface area contributed by atoms with E-state index in [0.717, 1.165) is 37.6 Å². The van der Waals surface area contributed by atoms with Crippen LogP contribution in [0, 0.1) is 19.8 Å². The average Bonchev–Trinajstić information content (AvgIpc) is 2.96. The quantitative estimate of drug-likeness (QED) is 0.820. The number of hydrogen-bond donors (Lipinski definition) is 0. The number of anilines is 1. The van der Waals surface area contributed by atoms with Crippen LogP contribution in [0.5, 0.6) is 0 Å². The standard InChI is InChI=1S/C19H24N4O3/c1-13-3-4-18(21-20-13)22-8-10-26-17-12-23(7-5-15(17)11-22)19(24)16-6-9-25-14(16)2/h3-4,6,9,15,17H,5,7-8,10-12H2,1-2H3/t15-,17+/m1/s1. The lowest BCUT2D eigenvalue weighted by Crippen LogP contribution is -2.49. The SMILES string of the molecule is Cc1ccc(N2CCO[C@H]3CN(C(=O)c4ccoc4C)CC[C@@H]3C2)nn1. The molecule has 0 N–H and O–H groups in total. The van der Waals surface area contributed by atoms with Crippen molar-refractivity contribution >= 4 is 11.7 Å². The van der Waals surface area contributed by atoms with Crippen LogP contribution in [-0.2, 0) is 4.74 Å². The van der Waals surface area contributed by atoms with Crippen molar-refractivity contribution in [1.82, 2.24) is 15.1 Å². The molecule has 4 heterocycles. The number of carbonyl (C=O) groups excluding carboxylic acids is 1. The summed E-state index contributed by atoms with van der Waals surface area (Å²) in [5.41, 5.74) is 1.56. The number of nitrogens with zero attached hydrogens (tertiary/aromatic N) is 4. The van der Waals surface area contributed by atoms with Crippen LogP contribution >= 0.6 is 0 Å². The molecule has 0 aliphatic carbocycles. The van der Waals surface area contributed by atoms with E-state index in [0.29, 0.717) is 30.4 Å². The van der Waals surface area contributed by atoms with E-state index in [1.807, 2.05) is 30.9 Å². The molecule has 2 aliphatic rings. The molecular weight excluding hydrogens is 332 g/mol. The third-order valence-electron chi connectivity index (χ3n) is 5.33. The van der Waals surface area contributed by atoms with E-state index in [1.54, 1.807) is 12.3 Å². The minimum absolute atomic E-state index is 0.0313. The summed E-state index contributed by atoms with van der Waals surface area (Å²) in [6.07, 6.45) is 2.55. The summed E-state index contributed by atoms with van der Waals surface area (Å²) in [5.74, 6) is 1.98. The zero-order valence-electron chi connectivity index (χ0n) is 15.2. The molecule has 0 aromatic carbocycles. The van der Waals surface area contributed by atoms with Crippen molar-refractivity contribution in [3.8, 4) is 0 Å². The van der Waals surface area contributed by atoms with Gasteiger partial charge in [0.2, 0.25) is 0 Å². The van der Waals surface area contributed by atoms with Crippen molar-refractivity contribution in [1.29, 1.82) is 0 Å². The first-order valence-corrected chi connectivity index (χ1v) is 9.12. The van der Waals surface area contributed by atoms with Gasteiger partial charge in [-0.15, -0.1) is 5.10 Å². The number of rotatable bonds is 2. The minimum Gasteiger partial charge on any atom is -0.469 e. The first kappa shape index (κ1) is 17.0. The monoisotopic (exact) mass is 356 g/mol. The maximum Gasteiger partial charge on any atom is 0.257 e. The number of hydrogen-bond acceptors (Lipinski definition) is 6. The highest BCUT2D eigenvalue weighted by molar-refractivity contribution is 5.95. The molecule has 7 nitrogen and oxygen atoms in total. The third kappa shape index (κ3) is 3.31. The number of amides is 1. The second kappa shape index (κ2) is 7.07. The molecule has 0 saturated carbocycles. The van der Waals surface area contributed by atoms with Gasteiger partial charge in [0, 0.05) is 32.1 Å². The molecule has 26 heavy (non-hydrogen) atoms. The summed E-state index contributed by atoms with van der Waals surface area (Å²) in [5, 5.41) is 8.48. The van der Waals surface area contributed by atoms with Gasteiger partial charge in [0.1, 0.15) is 5.76 Å². The summed E-state index contributed by atoms with van der Waals surface area (Å²) in [6.45, 7) is 7.43. The highest BCUT2D eigenvalue weighted by Crippen LogP contribution is 2.27. The fraction of sp³-hybridized carbons (Fsp3) is 0.526. The molecule has 7 heteroatoms. The first-order chi connectivity index (χ1) is 12.6. The van der Waals surface area contributed by atoms with E-state index in [1.165, 1.54) is 0 Å². The number of aromatic nitrogens is 2. The summed E-state index contributed by atoms with van der Waals surface area (Å²) >= 11 is 0. The van der Waals surface area contributed by atoms with Gasteiger partial charge in [-0.05, 0) is 38.5 Å². The lowest BCUT2D eigenvalue weighted by molar-refractivity contribution is -0.0169. The molecule has 2 aromatic rings. The Morgan fingerprint density at radius 1 is 1.15 bits per heavy atom. The van der Waals surface area contributed by atoms with Gasteiger partial charge >= 0.3 is 0 Å². The Morgan fingerprint density at radius 2 is 2.04 bits per heavy atom. The number of likely N-dealkylation sites (tertiary alicyclic amines) is 1. The zero-order valence-corrected chi connectivity index (χ0v) is 15.2. The summed E-state index contributed by atoms with van der Waals surface area (Å²) in [4.78, 5) is 16.9. The van der Waals surface area contributed by atoms with Crippen LogP contribution in [0.1, 0.15) is 28.2 Å². The molecule has 138 valence electrons. The Bertz CT molecular complexity index is 773. The van der Waals surface area contributed by atoms with Crippen molar-refractivity contribution < 1.29 is 13.9 Å². The van der Waals surface area contributed by atoms with Gasteiger partial charge in [0.25, 0.3) is 5.91 Å². The number of fused-ring (bicyclic) bond motifs is 1. The molecule has 2 atom stereocenters. The van der Waals surface area contributed by atoms with Crippen LogP contribution in [0.15, 0.2) is 28.9 Å². The van der Waals surface area contributed by atoms with Crippen LogP contribution in [0.2, 0.25) is 0 Å². The molecule has 1 amide bonds. The van der Waals surface area contributed by atoms with Crippen LogP contribution in [0.25, 0.3) is 0 Å². The van der Waals surface area contributed by atoms with Crippen molar-refractivity contribution in [2.45, 2.75) is 26.4 Å². The van der Waals surface area contributed by atoms with Gasteiger partial charge in [-0.2, -0.15) is 5.10 Å². The third-order valence-corrected chi connectivity index (χ3v) is 5.33. The lowest BCUT2D eigenvalue weighted by Gasteiger charge is -2.38. The maximum absolute atomic E-state index is 12.7. The van der Waals surface area contributed by atoms with Gasteiger partial charge in [0.15, 0.2) is 5.82 Å². The Kier molecular flexibility index (Phi) is 4.63. The number of aryl methyl sites for hydroxylation is 2.